The minimum Gasteiger partial charge on any atom is -0.351 e. The van der Waals surface area contributed by atoms with Gasteiger partial charge in [-0.1, -0.05) is 32.0 Å². The summed E-state index contributed by atoms with van der Waals surface area (Å²) in [4.78, 5) is 43.0. The van der Waals surface area contributed by atoms with Gasteiger partial charge in [0.25, 0.3) is 5.91 Å². The molecule has 1 saturated heterocycles. The van der Waals surface area contributed by atoms with Crippen LogP contribution < -0.4 is 10.6 Å². The first-order chi connectivity index (χ1) is 13.9. The van der Waals surface area contributed by atoms with E-state index in [1.54, 1.807) is 34.5 Å². The fraction of sp³-hybridized carbons (Fsp3) is 0.429. The summed E-state index contributed by atoms with van der Waals surface area (Å²) >= 11 is 1.30. The summed E-state index contributed by atoms with van der Waals surface area (Å²) in [5.74, 6) is -0.291. The first-order valence-electron chi connectivity index (χ1n) is 9.81. The van der Waals surface area contributed by atoms with Gasteiger partial charge < -0.3 is 10.2 Å². The Hall–Kier alpha value is -2.74. The normalized spacial score (nSPS) is 16.5. The lowest BCUT2D eigenvalue weighted by molar-refractivity contribution is -0.133. The van der Waals surface area contributed by atoms with E-state index in [1.807, 2.05) is 19.9 Å². The van der Waals surface area contributed by atoms with Gasteiger partial charge in [-0.2, -0.15) is 0 Å². The molecule has 1 atom stereocenters. The van der Waals surface area contributed by atoms with Gasteiger partial charge in [0.2, 0.25) is 11.8 Å². The highest BCUT2D eigenvalue weighted by atomic mass is 32.1. The molecule has 0 saturated carbocycles. The van der Waals surface area contributed by atoms with Crippen molar-refractivity contribution in [3.05, 3.63) is 47.0 Å². The molecule has 0 radical (unpaired) electrons. The number of carbonyl (C=O) groups excluding carboxylic acids is 3. The van der Waals surface area contributed by atoms with Crippen LogP contribution in [0.25, 0.3) is 0 Å². The fourth-order valence-electron chi connectivity index (χ4n) is 3.16. The van der Waals surface area contributed by atoms with Gasteiger partial charge in [0.15, 0.2) is 5.13 Å². The largest absolute Gasteiger partial charge is 0.351 e. The minimum absolute atomic E-state index is 0.00115. The average molecular weight is 415 g/mol. The summed E-state index contributed by atoms with van der Waals surface area (Å²) in [6.07, 6.45) is 1.93. The summed E-state index contributed by atoms with van der Waals surface area (Å²) in [5.41, 5.74) is 1.19. The third kappa shape index (κ3) is 5.87. The summed E-state index contributed by atoms with van der Waals surface area (Å²) in [6.45, 7) is 4.93. The molecule has 1 fully saturated rings. The molecule has 1 aliphatic rings. The Morgan fingerprint density at radius 2 is 2.00 bits per heavy atom. The smallest absolute Gasteiger partial charge is 0.257 e. The van der Waals surface area contributed by atoms with E-state index in [9.17, 15) is 14.4 Å². The second-order valence-electron chi connectivity index (χ2n) is 7.48. The molecule has 3 amide bonds. The van der Waals surface area contributed by atoms with Gasteiger partial charge in [-0.25, -0.2) is 4.98 Å². The van der Waals surface area contributed by atoms with Gasteiger partial charge in [-0.3, -0.25) is 19.7 Å². The number of likely N-dealkylation sites (tertiary alicyclic amines) is 1. The van der Waals surface area contributed by atoms with Gasteiger partial charge in [0.05, 0.1) is 12.1 Å². The number of rotatable bonds is 6. The molecule has 8 heteroatoms. The number of nitrogens with zero attached hydrogens (tertiary/aromatic N) is 2. The Kier molecular flexibility index (Phi) is 6.98. The van der Waals surface area contributed by atoms with E-state index >= 15 is 0 Å². The molecule has 1 aliphatic heterocycles. The molecule has 2 N–H and O–H groups in total. The second-order valence-corrected chi connectivity index (χ2v) is 8.34. The quantitative estimate of drug-likeness (QED) is 0.760. The van der Waals surface area contributed by atoms with Crippen molar-refractivity contribution in [2.75, 3.05) is 18.4 Å². The highest BCUT2D eigenvalue weighted by Crippen LogP contribution is 2.19. The maximum Gasteiger partial charge on any atom is 0.257 e. The number of piperidine rings is 1. The Labute approximate surface area is 174 Å². The number of amides is 3. The molecule has 1 aromatic heterocycles. The summed E-state index contributed by atoms with van der Waals surface area (Å²) in [7, 11) is 0. The molecule has 3 rings (SSSR count). The minimum atomic E-state index is -0.224. The van der Waals surface area contributed by atoms with E-state index in [2.05, 4.69) is 15.6 Å². The number of nitrogens with one attached hydrogen (secondary N) is 2. The molecule has 2 aromatic rings. The van der Waals surface area contributed by atoms with Crippen molar-refractivity contribution in [3.63, 3.8) is 0 Å². The first kappa shape index (κ1) is 21.0. The van der Waals surface area contributed by atoms with E-state index in [1.165, 1.54) is 11.3 Å². The predicted molar refractivity (Wildman–Crippen MR) is 113 cm³/mol. The third-order valence-electron chi connectivity index (χ3n) is 4.79. The van der Waals surface area contributed by atoms with Gasteiger partial charge >= 0.3 is 0 Å². The number of hydrogen-bond acceptors (Lipinski definition) is 5. The Balaban J connectivity index is 1.53. The number of anilines is 1. The molecular weight excluding hydrogens is 388 g/mol. The van der Waals surface area contributed by atoms with Crippen molar-refractivity contribution < 1.29 is 14.4 Å². The highest BCUT2D eigenvalue weighted by Gasteiger charge is 2.25. The van der Waals surface area contributed by atoms with Crippen LogP contribution in [0, 0.1) is 5.92 Å². The number of carbonyl (C=O) groups is 3. The van der Waals surface area contributed by atoms with Gasteiger partial charge in [0.1, 0.15) is 0 Å². The average Bonchev–Trinajstić information content (AvgIpc) is 3.15. The highest BCUT2D eigenvalue weighted by molar-refractivity contribution is 7.14. The summed E-state index contributed by atoms with van der Waals surface area (Å²) in [6, 6.07) is 8.92. The van der Waals surface area contributed by atoms with Crippen LogP contribution in [0.5, 0.6) is 0 Å². The Morgan fingerprint density at radius 3 is 2.72 bits per heavy atom. The van der Waals surface area contributed by atoms with Crippen LogP contribution in [0.3, 0.4) is 0 Å². The molecule has 7 nitrogen and oxygen atoms in total. The second kappa shape index (κ2) is 9.65. The SMILES string of the molecule is CC(C)C(=O)NC1CCCN(C(=O)Cc2csc(NC(=O)c3ccccc3)n2)C1. The van der Waals surface area contributed by atoms with Crippen LogP contribution >= 0.6 is 11.3 Å². The number of benzene rings is 1. The summed E-state index contributed by atoms with van der Waals surface area (Å²) in [5, 5.41) is 8.05. The number of thiazole rings is 1. The molecule has 29 heavy (non-hydrogen) atoms. The van der Waals surface area contributed by atoms with Crippen molar-refractivity contribution >= 4 is 34.2 Å². The zero-order chi connectivity index (χ0) is 20.8. The van der Waals surface area contributed by atoms with Crippen molar-refractivity contribution in [2.24, 2.45) is 5.92 Å². The van der Waals surface area contributed by atoms with Gasteiger partial charge in [-0.15, -0.1) is 11.3 Å². The maximum absolute atomic E-state index is 12.7. The zero-order valence-corrected chi connectivity index (χ0v) is 17.5. The van der Waals surface area contributed by atoms with Crippen molar-refractivity contribution in [3.8, 4) is 0 Å². The lowest BCUT2D eigenvalue weighted by Crippen LogP contribution is -2.50. The topological polar surface area (TPSA) is 91.4 Å². The van der Waals surface area contributed by atoms with Crippen LogP contribution in [-0.2, 0) is 16.0 Å². The van der Waals surface area contributed by atoms with Crippen LogP contribution in [0.1, 0.15) is 42.7 Å². The molecule has 0 bridgehead atoms. The lowest BCUT2D eigenvalue weighted by atomic mass is 10.0. The molecule has 1 aromatic carbocycles. The first-order valence-corrected chi connectivity index (χ1v) is 10.7. The lowest BCUT2D eigenvalue weighted by Gasteiger charge is -2.33. The monoisotopic (exact) mass is 414 g/mol. The van der Waals surface area contributed by atoms with Crippen LogP contribution in [-0.4, -0.2) is 46.7 Å². The van der Waals surface area contributed by atoms with Crippen LogP contribution in [0.2, 0.25) is 0 Å². The van der Waals surface area contributed by atoms with Crippen molar-refractivity contribution in [1.29, 1.82) is 0 Å². The maximum atomic E-state index is 12.7. The van der Waals surface area contributed by atoms with E-state index in [-0.39, 0.29) is 36.1 Å². The predicted octanol–water partition coefficient (Wildman–Crippen LogP) is 2.70. The van der Waals surface area contributed by atoms with Crippen molar-refractivity contribution in [2.45, 2.75) is 39.2 Å². The van der Waals surface area contributed by atoms with E-state index in [0.29, 0.717) is 29.5 Å². The summed E-state index contributed by atoms with van der Waals surface area (Å²) < 4.78 is 0. The molecule has 0 spiro atoms. The van der Waals surface area contributed by atoms with E-state index in [4.69, 9.17) is 0 Å². The molecule has 1 unspecified atom stereocenters. The zero-order valence-electron chi connectivity index (χ0n) is 16.7. The Bertz CT molecular complexity index is 866. The van der Waals surface area contributed by atoms with Gasteiger partial charge in [0, 0.05) is 36.0 Å². The molecule has 2 heterocycles. The van der Waals surface area contributed by atoms with E-state index in [0.717, 1.165) is 12.8 Å². The Morgan fingerprint density at radius 1 is 1.24 bits per heavy atom. The molecule has 154 valence electrons. The van der Waals surface area contributed by atoms with Gasteiger partial charge in [-0.05, 0) is 25.0 Å². The van der Waals surface area contributed by atoms with Crippen molar-refractivity contribution in [1.82, 2.24) is 15.2 Å². The van der Waals surface area contributed by atoms with Crippen LogP contribution in [0.4, 0.5) is 5.13 Å². The standard InChI is InChI=1S/C21H26N4O3S/c1-14(2)19(27)22-16-9-6-10-25(12-16)18(26)11-17-13-29-21(23-17)24-20(28)15-7-4-3-5-8-15/h3-5,7-8,13-14,16H,6,9-12H2,1-2H3,(H,22,27)(H,23,24,28). The number of aromatic nitrogens is 1. The third-order valence-corrected chi connectivity index (χ3v) is 5.59. The fourth-order valence-corrected chi connectivity index (χ4v) is 3.87. The molecular formula is C21H26N4O3S. The van der Waals surface area contributed by atoms with Crippen LogP contribution in [0.15, 0.2) is 35.7 Å². The van der Waals surface area contributed by atoms with E-state index < -0.39 is 0 Å². The number of hydrogen-bond donors (Lipinski definition) is 2. The molecule has 0 aliphatic carbocycles.